The van der Waals surface area contributed by atoms with Crippen LogP contribution in [0.15, 0.2) is 35.9 Å². The van der Waals surface area contributed by atoms with Crippen molar-refractivity contribution in [3.8, 4) is 5.75 Å². The molecule has 138 valence electrons. The number of benzene rings is 1. The van der Waals surface area contributed by atoms with Crippen molar-refractivity contribution in [2.24, 2.45) is 5.92 Å². The lowest BCUT2D eigenvalue weighted by Gasteiger charge is -2.32. The Balaban J connectivity index is 1.72. The lowest BCUT2D eigenvalue weighted by Crippen LogP contribution is -2.36. The van der Waals surface area contributed by atoms with E-state index >= 15 is 0 Å². The number of carbonyl (C=O) groups is 1. The fraction of sp³-hybridized carbons (Fsp3) is 0.571. The highest BCUT2D eigenvalue weighted by Gasteiger charge is 2.28. The first-order chi connectivity index (χ1) is 12.1. The topological polar surface area (TPSA) is 44.8 Å². The normalized spacial score (nSPS) is 21.4. The van der Waals surface area contributed by atoms with Gasteiger partial charge in [0.2, 0.25) is 0 Å². The van der Waals surface area contributed by atoms with Crippen molar-refractivity contribution in [3.63, 3.8) is 0 Å². The lowest BCUT2D eigenvalue weighted by molar-refractivity contribution is -0.128. The fourth-order valence-electron chi connectivity index (χ4n) is 3.06. The van der Waals surface area contributed by atoms with Gasteiger partial charge < -0.3 is 19.0 Å². The standard InChI is InChI=1S/C21H30O4/c1-16(2)5-4-6-18(13-22)21-12-11-20(15-25-21)24-14-17-7-9-19(23-3)10-8-17/h5,7-10,13,18,20-21H,4,6,11-12,14-15H2,1-3H3/t18-,20-,21+/m0/s1. The van der Waals surface area contributed by atoms with Gasteiger partial charge in [-0.3, -0.25) is 0 Å². The molecule has 1 saturated heterocycles. The summed E-state index contributed by atoms with van der Waals surface area (Å²) in [5, 5.41) is 0. The van der Waals surface area contributed by atoms with Gasteiger partial charge in [0.1, 0.15) is 12.0 Å². The van der Waals surface area contributed by atoms with Crippen LogP contribution in [0.4, 0.5) is 0 Å². The molecule has 0 aliphatic carbocycles. The van der Waals surface area contributed by atoms with E-state index < -0.39 is 0 Å². The zero-order chi connectivity index (χ0) is 18.1. The van der Waals surface area contributed by atoms with Gasteiger partial charge in [-0.25, -0.2) is 0 Å². The van der Waals surface area contributed by atoms with Gasteiger partial charge in [0.15, 0.2) is 0 Å². The second kappa shape index (κ2) is 10.4. The number of rotatable bonds is 9. The molecular weight excluding hydrogens is 316 g/mol. The van der Waals surface area contributed by atoms with E-state index in [1.54, 1.807) is 7.11 Å². The Morgan fingerprint density at radius 1 is 1.28 bits per heavy atom. The first kappa shape index (κ1) is 19.7. The SMILES string of the molecule is COc1ccc(CO[C@H]2CC[C@H]([C@H](C=O)CCC=C(C)C)OC2)cc1. The van der Waals surface area contributed by atoms with E-state index in [0.29, 0.717) is 13.2 Å². The molecule has 1 heterocycles. The van der Waals surface area contributed by atoms with Gasteiger partial charge in [0, 0.05) is 5.92 Å². The fourth-order valence-corrected chi connectivity index (χ4v) is 3.06. The summed E-state index contributed by atoms with van der Waals surface area (Å²) in [5.74, 6) is 0.832. The van der Waals surface area contributed by atoms with Crippen LogP contribution in [0.1, 0.15) is 45.1 Å². The van der Waals surface area contributed by atoms with Crippen LogP contribution in [-0.4, -0.2) is 32.2 Å². The van der Waals surface area contributed by atoms with Crippen molar-refractivity contribution in [3.05, 3.63) is 41.5 Å². The van der Waals surface area contributed by atoms with Crippen molar-refractivity contribution in [2.45, 2.75) is 58.3 Å². The van der Waals surface area contributed by atoms with Crippen LogP contribution in [0.3, 0.4) is 0 Å². The summed E-state index contributed by atoms with van der Waals surface area (Å²) in [6.45, 7) is 5.30. The summed E-state index contributed by atoms with van der Waals surface area (Å²) in [5.41, 5.74) is 2.41. The van der Waals surface area contributed by atoms with Crippen molar-refractivity contribution < 1.29 is 19.0 Å². The molecule has 0 bridgehead atoms. The molecular formula is C21H30O4. The summed E-state index contributed by atoms with van der Waals surface area (Å²) in [7, 11) is 1.66. The largest absolute Gasteiger partial charge is 0.497 e. The molecule has 1 aliphatic heterocycles. The molecule has 0 saturated carbocycles. The maximum atomic E-state index is 11.4. The number of aldehydes is 1. The Kier molecular flexibility index (Phi) is 8.16. The molecule has 1 aromatic rings. The predicted octanol–water partition coefficient (Wildman–Crippen LogP) is 4.32. The third kappa shape index (κ3) is 6.63. The third-order valence-electron chi connectivity index (χ3n) is 4.62. The number of allylic oxidation sites excluding steroid dienone is 2. The smallest absolute Gasteiger partial charge is 0.125 e. The van der Waals surface area contributed by atoms with Gasteiger partial charge in [-0.15, -0.1) is 0 Å². The van der Waals surface area contributed by atoms with Crippen molar-refractivity contribution in [2.75, 3.05) is 13.7 Å². The molecule has 0 N–H and O–H groups in total. The van der Waals surface area contributed by atoms with Gasteiger partial charge in [-0.2, -0.15) is 0 Å². The van der Waals surface area contributed by atoms with E-state index in [-0.39, 0.29) is 18.1 Å². The molecule has 0 unspecified atom stereocenters. The second-order valence-electron chi connectivity index (χ2n) is 6.89. The van der Waals surface area contributed by atoms with Crippen LogP contribution in [-0.2, 0) is 20.9 Å². The minimum absolute atomic E-state index is 0.0156. The number of methoxy groups -OCH3 is 1. The maximum absolute atomic E-state index is 11.4. The number of hydrogen-bond donors (Lipinski definition) is 0. The number of ether oxygens (including phenoxy) is 3. The molecule has 1 aromatic carbocycles. The first-order valence-corrected chi connectivity index (χ1v) is 9.07. The highest BCUT2D eigenvalue weighted by Crippen LogP contribution is 2.25. The molecule has 0 radical (unpaired) electrons. The van der Waals surface area contributed by atoms with E-state index in [9.17, 15) is 4.79 Å². The monoisotopic (exact) mass is 346 g/mol. The zero-order valence-corrected chi connectivity index (χ0v) is 15.6. The van der Waals surface area contributed by atoms with Crippen molar-refractivity contribution in [1.82, 2.24) is 0 Å². The molecule has 4 heteroatoms. The minimum Gasteiger partial charge on any atom is -0.497 e. The van der Waals surface area contributed by atoms with E-state index in [1.807, 2.05) is 24.3 Å². The predicted molar refractivity (Wildman–Crippen MR) is 98.8 cm³/mol. The van der Waals surface area contributed by atoms with E-state index in [4.69, 9.17) is 14.2 Å². The Morgan fingerprint density at radius 2 is 2.04 bits per heavy atom. The zero-order valence-electron chi connectivity index (χ0n) is 15.6. The molecule has 25 heavy (non-hydrogen) atoms. The Labute approximate surface area is 151 Å². The average Bonchev–Trinajstić information content (AvgIpc) is 2.64. The maximum Gasteiger partial charge on any atom is 0.125 e. The molecule has 0 aromatic heterocycles. The molecule has 0 amide bonds. The summed E-state index contributed by atoms with van der Waals surface area (Å²) < 4.78 is 17.0. The van der Waals surface area contributed by atoms with Crippen LogP contribution < -0.4 is 4.74 Å². The highest BCUT2D eigenvalue weighted by atomic mass is 16.5. The molecule has 1 aliphatic rings. The van der Waals surface area contributed by atoms with Crippen LogP contribution >= 0.6 is 0 Å². The number of hydrogen-bond acceptors (Lipinski definition) is 4. The molecule has 2 rings (SSSR count). The second-order valence-corrected chi connectivity index (χ2v) is 6.89. The van der Waals surface area contributed by atoms with Crippen LogP contribution in [0.2, 0.25) is 0 Å². The van der Waals surface area contributed by atoms with Gasteiger partial charge in [0.25, 0.3) is 0 Å². The van der Waals surface area contributed by atoms with Crippen LogP contribution in [0.5, 0.6) is 5.75 Å². The van der Waals surface area contributed by atoms with Crippen LogP contribution in [0.25, 0.3) is 0 Å². The van der Waals surface area contributed by atoms with Gasteiger partial charge >= 0.3 is 0 Å². The Hall–Kier alpha value is -1.65. The van der Waals surface area contributed by atoms with E-state index in [2.05, 4.69) is 19.9 Å². The molecule has 4 nitrogen and oxygen atoms in total. The van der Waals surface area contributed by atoms with Crippen molar-refractivity contribution >= 4 is 6.29 Å². The summed E-state index contributed by atoms with van der Waals surface area (Å²) >= 11 is 0. The van der Waals surface area contributed by atoms with Gasteiger partial charge in [-0.1, -0.05) is 23.8 Å². The average molecular weight is 346 g/mol. The Morgan fingerprint density at radius 3 is 2.60 bits per heavy atom. The number of carbonyl (C=O) groups excluding carboxylic acids is 1. The molecule has 0 spiro atoms. The van der Waals surface area contributed by atoms with E-state index in [0.717, 1.165) is 43.3 Å². The summed E-state index contributed by atoms with van der Waals surface area (Å²) in [6, 6.07) is 7.90. The van der Waals surface area contributed by atoms with Crippen molar-refractivity contribution in [1.29, 1.82) is 0 Å². The molecule has 3 atom stereocenters. The van der Waals surface area contributed by atoms with E-state index in [1.165, 1.54) is 5.57 Å². The summed E-state index contributed by atoms with van der Waals surface area (Å²) in [6.07, 6.45) is 6.98. The highest BCUT2D eigenvalue weighted by molar-refractivity contribution is 5.54. The quantitative estimate of drug-likeness (QED) is 0.493. The minimum atomic E-state index is -0.0156. The van der Waals surface area contributed by atoms with Gasteiger partial charge in [0.05, 0.1) is 32.5 Å². The molecule has 1 fully saturated rings. The summed E-state index contributed by atoms with van der Waals surface area (Å²) in [4.78, 5) is 11.4. The Bertz CT molecular complexity index is 538. The third-order valence-corrected chi connectivity index (χ3v) is 4.62. The first-order valence-electron chi connectivity index (χ1n) is 9.07. The van der Waals surface area contributed by atoms with Crippen LogP contribution in [0, 0.1) is 5.92 Å². The lowest BCUT2D eigenvalue weighted by atomic mass is 9.92. The van der Waals surface area contributed by atoms with Gasteiger partial charge in [-0.05, 0) is 57.2 Å².